The normalized spacial score (nSPS) is 20.4. The van der Waals surface area contributed by atoms with Crippen molar-refractivity contribution in [3.63, 3.8) is 0 Å². The lowest BCUT2D eigenvalue weighted by Gasteiger charge is -2.12. The number of aliphatic carboxylic acids is 1. The molecule has 1 amide bonds. The molecule has 0 bridgehead atoms. The highest BCUT2D eigenvalue weighted by Gasteiger charge is 2.34. The van der Waals surface area contributed by atoms with Crippen molar-refractivity contribution >= 4 is 17.6 Å². The van der Waals surface area contributed by atoms with E-state index in [1.807, 2.05) is 6.07 Å². The average molecular weight is 317 g/mol. The minimum Gasteiger partial charge on any atom is -0.479 e. The van der Waals surface area contributed by atoms with Gasteiger partial charge in [-0.2, -0.15) is 0 Å². The molecule has 23 heavy (non-hydrogen) atoms. The number of aryl methyl sites for hydroxylation is 1. The minimum absolute atomic E-state index is 0.331. The van der Waals surface area contributed by atoms with Crippen LogP contribution in [-0.4, -0.2) is 49.4 Å². The van der Waals surface area contributed by atoms with Gasteiger partial charge in [0.05, 0.1) is 0 Å². The fourth-order valence-electron chi connectivity index (χ4n) is 2.44. The molecular formula is C14H15N5O4. The van der Waals surface area contributed by atoms with Crippen LogP contribution >= 0.6 is 0 Å². The van der Waals surface area contributed by atoms with Gasteiger partial charge in [-0.25, -0.2) is 9.48 Å². The maximum absolute atomic E-state index is 12.2. The Morgan fingerprint density at radius 1 is 1.35 bits per heavy atom. The molecular weight excluding hydrogens is 302 g/mol. The largest absolute Gasteiger partial charge is 0.479 e. The molecule has 9 nitrogen and oxygen atoms in total. The van der Waals surface area contributed by atoms with Crippen LogP contribution in [-0.2, 0) is 21.4 Å². The lowest BCUT2D eigenvalue weighted by atomic mass is 10.1. The summed E-state index contributed by atoms with van der Waals surface area (Å²) in [6, 6.07) is 7.07. The topological polar surface area (TPSA) is 119 Å². The van der Waals surface area contributed by atoms with Gasteiger partial charge in [-0.1, -0.05) is 12.1 Å². The van der Waals surface area contributed by atoms with Crippen LogP contribution in [0.15, 0.2) is 24.3 Å². The number of amides is 1. The van der Waals surface area contributed by atoms with Crippen LogP contribution in [0.1, 0.15) is 12.8 Å². The number of carbonyl (C=O) groups is 2. The number of carbonyl (C=O) groups excluding carboxylic acids is 1. The molecule has 120 valence electrons. The molecule has 0 aliphatic carbocycles. The number of ether oxygens (including phenoxy) is 1. The van der Waals surface area contributed by atoms with Crippen molar-refractivity contribution in [3.05, 3.63) is 24.3 Å². The number of carboxylic acid groups (broad SMARTS) is 1. The minimum atomic E-state index is -1.04. The number of rotatable bonds is 4. The fourth-order valence-corrected chi connectivity index (χ4v) is 2.44. The maximum Gasteiger partial charge on any atom is 0.332 e. The number of nitrogens with zero attached hydrogens (tertiary/aromatic N) is 4. The van der Waals surface area contributed by atoms with E-state index in [0.29, 0.717) is 24.4 Å². The zero-order valence-corrected chi connectivity index (χ0v) is 12.3. The van der Waals surface area contributed by atoms with Crippen LogP contribution in [0.5, 0.6) is 0 Å². The Morgan fingerprint density at radius 3 is 2.78 bits per heavy atom. The molecule has 2 heterocycles. The van der Waals surface area contributed by atoms with Crippen molar-refractivity contribution in [1.29, 1.82) is 0 Å². The molecule has 0 unspecified atom stereocenters. The second-order valence-corrected chi connectivity index (χ2v) is 5.23. The average Bonchev–Trinajstić information content (AvgIpc) is 3.16. The first kappa shape index (κ1) is 15.1. The van der Waals surface area contributed by atoms with Crippen LogP contribution in [0.3, 0.4) is 0 Å². The summed E-state index contributed by atoms with van der Waals surface area (Å²) < 4.78 is 6.76. The van der Waals surface area contributed by atoms with Gasteiger partial charge in [0.1, 0.15) is 6.10 Å². The molecule has 2 atom stereocenters. The standard InChI is InChI=1S/C14H15N5O4/c1-19-12(16-17-18-19)8-3-2-4-9(7-8)15-13(20)10-5-6-11(23-10)14(21)22/h2-4,7,10-11H,5-6H2,1H3,(H,15,20)(H,21,22)/t10-,11+/m0/s1. The Labute approximate surface area is 131 Å². The first-order chi connectivity index (χ1) is 11.0. The molecule has 3 rings (SSSR count). The van der Waals surface area contributed by atoms with E-state index in [9.17, 15) is 9.59 Å². The van der Waals surface area contributed by atoms with E-state index in [0.717, 1.165) is 5.56 Å². The van der Waals surface area contributed by atoms with Gasteiger partial charge < -0.3 is 15.2 Å². The molecule has 1 aromatic heterocycles. The van der Waals surface area contributed by atoms with E-state index < -0.39 is 18.2 Å². The molecule has 1 aromatic carbocycles. The number of anilines is 1. The number of nitrogens with one attached hydrogen (secondary N) is 1. The number of hydrogen-bond donors (Lipinski definition) is 2. The SMILES string of the molecule is Cn1nnnc1-c1cccc(NC(=O)[C@@H]2CC[C@H](C(=O)O)O2)c1. The number of carboxylic acids is 1. The first-order valence-corrected chi connectivity index (χ1v) is 7.06. The zero-order valence-electron chi connectivity index (χ0n) is 12.3. The molecule has 1 saturated heterocycles. The van der Waals surface area contributed by atoms with E-state index >= 15 is 0 Å². The van der Waals surface area contributed by atoms with Gasteiger partial charge >= 0.3 is 5.97 Å². The van der Waals surface area contributed by atoms with Gasteiger partial charge in [0.2, 0.25) is 0 Å². The second-order valence-electron chi connectivity index (χ2n) is 5.23. The molecule has 0 saturated carbocycles. The third-order valence-electron chi connectivity index (χ3n) is 3.60. The summed E-state index contributed by atoms with van der Waals surface area (Å²) in [7, 11) is 1.72. The maximum atomic E-state index is 12.2. The Morgan fingerprint density at radius 2 is 2.13 bits per heavy atom. The molecule has 0 spiro atoms. The predicted octanol–water partition coefficient (Wildman–Crippen LogP) is 0.448. The van der Waals surface area contributed by atoms with E-state index in [4.69, 9.17) is 9.84 Å². The summed E-state index contributed by atoms with van der Waals surface area (Å²) in [6.45, 7) is 0. The molecule has 1 fully saturated rings. The smallest absolute Gasteiger partial charge is 0.332 e. The number of tetrazole rings is 1. The van der Waals surface area contributed by atoms with Crippen molar-refractivity contribution in [3.8, 4) is 11.4 Å². The summed E-state index contributed by atoms with van der Waals surface area (Å²) in [4.78, 5) is 23.0. The Hall–Kier alpha value is -2.81. The number of hydrogen-bond acceptors (Lipinski definition) is 6. The van der Waals surface area contributed by atoms with E-state index in [1.54, 1.807) is 25.2 Å². The molecule has 9 heteroatoms. The first-order valence-electron chi connectivity index (χ1n) is 7.06. The van der Waals surface area contributed by atoms with Crippen LogP contribution < -0.4 is 5.32 Å². The van der Waals surface area contributed by atoms with Crippen molar-refractivity contribution in [2.45, 2.75) is 25.0 Å². The van der Waals surface area contributed by atoms with E-state index in [2.05, 4.69) is 20.8 Å². The van der Waals surface area contributed by atoms with Crippen LogP contribution in [0.2, 0.25) is 0 Å². The van der Waals surface area contributed by atoms with Crippen molar-refractivity contribution in [2.24, 2.45) is 7.05 Å². The lowest BCUT2D eigenvalue weighted by Crippen LogP contribution is -2.29. The lowest BCUT2D eigenvalue weighted by molar-refractivity contribution is -0.150. The highest BCUT2D eigenvalue weighted by Crippen LogP contribution is 2.23. The molecule has 0 radical (unpaired) electrons. The highest BCUT2D eigenvalue weighted by molar-refractivity contribution is 5.95. The predicted molar refractivity (Wildman–Crippen MR) is 78.4 cm³/mol. The van der Waals surface area contributed by atoms with Gasteiger partial charge in [0.15, 0.2) is 11.9 Å². The molecule has 1 aliphatic heterocycles. The molecule has 2 N–H and O–H groups in total. The quantitative estimate of drug-likeness (QED) is 0.840. The van der Waals surface area contributed by atoms with Gasteiger partial charge in [-0.3, -0.25) is 4.79 Å². The van der Waals surface area contributed by atoms with Gasteiger partial charge in [0, 0.05) is 18.3 Å². The fraction of sp³-hybridized carbons (Fsp3) is 0.357. The van der Waals surface area contributed by atoms with Crippen LogP contribution in [0, 0.1) is 0 Å². The van der Waals surface area contributed by atoms with Crippen molar-refractivity contribution in [2.75, 3.05) is 5.32 Å². The second kappa shape index (κ2) is 6.13. The summed E-state index contributed by atoms with van der Waals surface area (Å²) in [6.07, 6.45) is -0.952. The van der Waals surface area contributed by atoms with E-state index in [1.165, 1.54) is 4.68 Å². The molecule has 1 aliphatic rings. The van der Waals surface area contributed by atoms with Gasteiger partial charge in [0.25, 0.3) is 5.91 Å². The number of benzene rings is 1. The highest BCUT2D eigenvalue weighted by atomic mass is 16.5. The monoisotopic (exact) mass is 317 g/mol. The summed E-state index contributed by atoms with van der Waals surface area (Å²) in [5.74, 6) is -0.830. The van der Waals surface area contributed by atoms with Crippen molar-refractivity contribution in [1.82, 2.24) is 20.2 Å². The van der Waals surface area contributed by atoms with Crippen LogP contribution in [0.25, 0.3) is 11.4 Å². The third-order valence-corrected chi connectivity index (χ3v) is 3.60. The van der Waals surface area contributed by atoms with Crippen molar-refractivity contribution < 1.29 is 19.4 Å². The summed E-state index contributed by atoms with van der Waals surface area (Å²) in [5, 5.41) is 22.9. The van der Waals surface area contributed by atoms with E-state index in [-0.39, 0.29) is 5.91 Å². The van der Waals surface area contributed by atoms with Gasteiger partial charge in [-0.15, -0.1) is 5.10 Å². The third kappa shape index (κ3) is 3.19. The van der Waals surface area contributed by atoms with Crippen LogP contribution in [0.4, 0.5) is 5.69 Å². The van der Waals surface area contributed by atoms with Gasteiger partial charge in [-0.05, 0) is 35.4 Å². The Bertz CT molecular complexity index is 744. The zero-order chi connectivity index (χ0) is 16.4. The Balaban J connectivity index is 1.70. The summed E-state index contributed by atoms with van der Waals surface area (Å²) in [5.41, 5.74) is 1.32. The number of aromatic nitrogens is 4. The molecule has 2 aromatic rings. The summed E-state index contributed by atoms with van der Waals surface area (Å²) >= 11 is 0. The Kier molecular flexibility index (Phi) is 4.02.